The third-order valence-corrected chi connectivity index (χ3v) is 4.21. The molecule has 0 aliphatic rings. The fourth-order valence-corrected chi connectivity index (χ4v) is 2.74. The molecule has 0 amide bonds. The smallest absolute Gasteiger partial charge is 0.127 e. The first-order valence-corrected chi connectivity index (χ1v) is 8.13. The van der Waals surface area contributed by atoms with Crippen molar-refractivity contribution in [3.8, 4) is 5.75 Å². The van der Waals surface area contributed by atoms with Crippen molar-refractivity contribution in [2.75, 3.05) is 6.61 Å². The summed E-state index contributed by atoms with van der Waals surface area (Å²) in [6.07, 6.45) is 4.98. The zero-order chi connectivity index (χ0) is 15.1. The Balaban J connectivity index is 2.15. The maximum Gasteiger partial charge on any atom is 0.127 e. The Kier molecular flexibility index (Phi) is 6.06. The van der Waals surface area contributed by atoms with Gasteiger partial charge in [0.05, 0.1) is 6.61 Å². The van der Waals surface area contributed by atoms with Crippen LogP contribution >= 0.6 is 0 Å². The molecule has 0 heterocycles. The maximum atomic E-state index is 6.13. The topological polar surface area (TPSA) is 35.2 Å². The predicted octanol–water partition coefficient (Wildman–Crippen LogP) is 4.89. The van der Waals surface area contributed by atoms with Crippen molar-refractivity contribution in [3.63, 3.8) is 0 Å². The lowest BCUT2D eigenvalue weighted by atomic mass is 10.0. The summed E-state index contributed by atoms with van der Waals surface area (Å²) in [4.78, 5) is 0. The molecule has 0 radical (unpaired) electrons. The van der Waals surface area contributed by atoms with Crippen LogP contribution in [0.2, 0.25) is 0 Å². The number of benzene rings is 2. The summed E-state index contributed by atoms with van der Waals surface area (Å²) in [7, 11) is 0. The summed E-state index contributed by atoms with van der Waals surface area (Å²) < 4.78 is 6.13. The highest BCUT2D eigenvalue weighted by molar-refractivity contribution is 5.91. The van der Waals surface area contributed by atoms with E-state index in [-0.39, 0.29) is 0 Å². The predicted molar refractivity (Wildman–Crippen MR) is 90.6 cm³/mol. The number of unbranched alkanes of at least 4 members (excludes halogenated alkanes) is 1. The zero-order valence-corrected chi connectivity index (χ0v) is 13.3. The Morgan fingerprint density at radius 3 is 2.48 bits per heavy atom. The van der Waals surface area contributed by atoms with E-state index in [1.165, 1.54) is 42.0 Å². The highest BCUT2D eigenvalue weighted by Crippen LogP contribution is 2.29. The molecule has 0 aliphatic carbocycles. The van der Waals surface area contributed by atoms with Gasteiger partial charge >= 0.3 is 0 Å². The van der Waals surface area contributed by atoms with Crippen molar-refractivity contribution < 1.29 is 4.74 Å². The molecular weight excluding hydrogens is 258 g/mol. The molecule has 2 rings (SSSR count). The van der Waals surface area contributed by atoms with E-state index in [0.29, 0.717) is 12.5 Å². The van der Waals surface area contributed by atoms with E-state index in [9.17, 15) is 0 Å². The summed E-state index contributed by atoms with van der Waals surface area (Å²) in [6, 6.07) is 12.5. The fourth-order valence-electron chi connectivity index (χ4n) is 2.74. The van der Waals surface area contributed by atoms with Crippen molar-refractivity contribution in [1.29, 1.82) is 0 Å². The first kappa shape index (κ1) is 15.8. The monoisotopic (exact) mass is 285 g/mol. The van der Waals surface area contributed by atoms with E-state index in [1.54, 1.807) is 0 Å². The molecule has 0 spiro atoms. The van der Waals surface area contributed by atoms with Crippen LogP contribution in [0.15, 0.2) is 36.4 Å². The van der Waals surface area contributed by atoms with Gasteiger partial charge in [-0.25, -0.2) is 0 Å². The van der Waals surface area contributed by atoms with Crippen LogP contribution in [0.5, 0.6) is 5.75 Å². The summed E-state index contributed by atoms with van der Waals surface area (Å²) in [5.74, 6) is 1.63. The lowest BCUT2D eigenvalue weighted by Gasteiger charge is -2.17. The van der Waals surface area contributed by atoms with Crippen LogP contribution in [0.25, 0.3) is 10.8 Å². The summed E-state index contributed by atoms with van der Waals surface area (Å²) in [5, 5.41) is 2.38. The molecule has 2 N–H and O–H groups in total. The van der Waals surface area contributed by atoms with Crippen LogP contribution in [0, 0.1) is 5.92 Å². The van der Waals surface area contributed by atoms with Gasteiger partial charge in [0.15, 0.2) is 0 Å². The maximum absolute atomic E-state index is 6.13. The molecule has 0 fully saturated rings. The third kappa shape index (κ3) is 3.98. The molecule has 114 valence electrons. The van der Waals surface area contributed by atoms with Crippen LogP contribution < -0.4 is 10.5 Å². The Morgan fingerprint density at radius 1 is 1.05 bits per heavy atom. The number of fused-ring (bicyclic) bond motifs is 1. The minimum atomic E-state index is 0.564. The molecule has 0 aromatic heterocycles. The first-order chi connectivity index (χ1) is 10.3. The minimum absolute atomic E-state index is 0.564. The van der Waals surface area contributed by atoms with Gasteiger partial charge < -0.3 is 10.5 Å². The van der Waals surface area contributed by atoms with Crippen LogP contribution in [-0.4, -0.2) is 6.61 Å². The van der Waals surface area contributed by atoms with E-state index in [0.717, 1.165) is 12.4 Å². The molecule has 0 aliphatic heterocycles. The van der Waals surface area contributed by atoms with Crippen molar-refractivity contribution in [2.24, 2.45) is 11.7 Å². The average molecular weight is 285 g/mol. The van der Waals surface area contributed by atoms with Crippen LogP contribution in [-0.2, 0) is 6.54 Å². The molecule has 2 heteroatoms. The van der Waals surface area contributed by atoms with Crippen molar-refractivity contribution in [1.82, 2.24) is 0 Å². The van der Waals surface area contributed by atoms with Gasteiger partial charge in [-0.3, -0.25) is 0 Å². The van der Waals surface area contributed by atoms with Crippen molar-refractivity contribution >= 4 is 10.8 Å². The van der Waals surface area contributed by atoms with Gasteiger partial charge in [0.2, 0.25) is 0 Å². The first-order valence-electron chi connectivity index (χ1n) is 8.13. The third-order valence-electron chi connectivity index (χ3n) is 4.21. The summed E-state index contributed by atoms with van der Waals surface area (Å²) in [5.41, 5.74) is 7.00. The summed E-state index contributed by atoms with van der Waals surface area (Å²) >= 11 is 0. The Hall–Kier alpha value is -1.54. The number of rotatable bonds is 8. The highest BCUT2D eigenvalue weighted by Gasteiger charge is 2.10. The molecule has 0 saturated carbocycles. The van der Waals surface area contributed by atoms with Gasteiger partial charge in [0, 0.05) is 11.9 Å². The van der Waals surface area contributed by atoms with Crippen LogP contribution in [0.3, 0.4) is 0 Å². The van der Waals surface area contributed by atoms with Gasteiger partial charge in [0.1, 0.15) is 5.75 Å². The molecule has 1 atom stereocenters. The van der Waals surface area contributed by atoms with E-state index >= 15 is 0 Å². The average Bonchev–Trinajstić information content (AvgIpc) is 2.55. The molecule has 21 heavy (non-hydrogen) atoms. The molecule has 1 unspecified atom stereocenters. The van der Waals surface area contributed by atoms with Crippen LogP contribution in [0.1, 0.15) is 45.1 Å². The van der Waals surface area contributed by atoms with Gasteiger partial charge in [-0.15, -0.1) is 0 Å². The number of hydrogen-bond acceptors (Lipinski definition) is 2. The number of nitrogens with two attached hydrogens (primary N) is 1. The second-order valence-electron chi connectivity index (χ2n) is 5.70. The van der Waals surface area contributed by atoms with Crippen LogP contribution in [0.4, 0.5) is 0 Å². The molecule has 0 bridgehead atoms. The van der Waals surface area contributed by atoms with Gasteiger partial charge in [0.25, 0.3) is 0 Å². The molecule has 2 nitrogen and oxygen atoms in total. The lowest BCUT2D eigenvalue weighted by Crippen LogP contribution is -2.11. The van der Waals surface area contributed by atoms with Gasteiger partial charge in [-0.05, 0) is 29.4 Å². The van der Waals surface area contributed by atoms with E-state index in [4.69, 9.17) is 10.5 Å². The van der Waals surface area contributed by atoms with Crippen molar-refractivity contribution in [2.45, 2.75) is 46.1 Å². The highest BCUT2D eigenvalue weighted by atomic mass is 16.5. The quantitative estimate of drug-likeness (QED) is 0.749. The largest absolute Gasteiger partial charge is 0.493 e. The van der Waals surface area contributed by atoms with E-state index in [1.807, 2.05) is 0 Å². The minimum Gasteiger partial charge on any atom is -0.493 e. The Bertz CT molecular complexity index is 564. The second kappa shape index (κ2) is 8.04. The molecule has 2 aromatic rings. The number of ether oxygens (including phenoxy) is 1. The van der Waals surface area contributed by atoms with E-state index in [2.05, 4.69) is 50.2 Å². The fraction of sp³-hybridized carbons (Fsp3) is 0.474. The Labute approximate surface area is 128 Å². The zero-order valence-electron chi connectivity index (χ0n) is 13.3. The lowest BCUT2D eigenvalue weighted by molar-refractivity contribution is 0.235. The molecule has 2 aromatic carbocycles. The number of hydrogen-bond donors (Lipinski definition) is 1. The Morgan fingerprint density at radius 2 is 1.81 bits per heavy atom. The van der Waals surface area contributed by atoms with Gasteiger partial charge in [-0.2, -0.15) is 0 Å². The van der Waals surface area contributed by atoms with Gasteiger partial charge in [-0.1, -0.05) is 63.4 Å². The standard InChI is InChI=1S/C19H27NO/c1-3-5-8-15(4-2)14-21-19-12-11-16(13-20)17-9-6-7-10-18(17)19/h6-7,9-12,15H,3-5,8,13-14,20H2,1-2H3. The summed E-state index contributed by atoms with van der Waals surface area (Å²) in [6.45, 7) is 5.86. The van der Waals surface area contributed by atoms with E-state index < -0.39 is 0 Å². The molecular formula is C19H27NO. The van der Waals surface area contributed by atoms with Crippen molar-refractivity contribution in [3.05, 3.63) is 42.0 Å². The second-order valence-corrected chi connectivity index (χ2v) is 5.70. The molecule has 0 saturated heterocycles. The SMILES string of the molecule is CCCCC(CC)COc1ccc(CN)c2ccccc12. The normalized spacial score (nSPS) is 12.5.